The van der Waals surface area contributed by atoms with Crippen LogP contribution in [0.4, 0.5) is 0 Å². The molecule has 2 aromatic rings. The van der Waals surface area contributed by atoms with Crippen LogP contribution in [0.15, 0.2) is 54.6 Å². The molecule has 2 aromatic carbocycles. The summed E-state index contributed by atoms with van der Waals surface area (Å²) >= 11 is 0. The van der Waals surface area contributed by atoms with Crippen molar-refractivity contribution in [2.45, 2.75) is 43.2 Å². The first-order valence-corrected chi connectivity index (χ1v) is 10.2. The number of likely N-dealkylation sites (N-methyl/N-ethyl adjacent to an activating group) is 1. The standard InChI is InChI=1S/C23H30N2O5/c1-24-23(30)19-21(28)22(29)20(27)18(14-26)25(19)13-5-6-15-9-11-17(12-10-15)16-7-3-2-4-8-16/h2-4,7-12,18-22,26-29H,5-6,13-14H2,1H3,(H,24,30)/t18-,19+,20-,21-,22+/m1/s1. The summed E-state index contributed by atoms with van der Waals surface area (Å²) in [6.45, 7) is -0.0468. The van der Waals surface area contributed by atoms with Crippen molar-refractivity contribution in [3.05, 3.63) is 60.2 Å². The van der Waals surface area contributed by atoms with Crippen LogP contribution in [0.5, 0.6) is 0 Å². The average Bonchev–Trinajstić information content (AvgIpc) is 2.78. The third-order valence-electron chi connectivity index (χ3n) is 5.85. The van der Waals surface area contributed by atoms with E-state index in [4.69, 9.17) is 0 Å². The van der Waals surface area contributed by atoms with Gasteiger partial charge in [0, 0.05) is 7.05 Å². The van der Waals surface area contributed by atoms with Crippen molar-refractivity contribution < 1.29 is 25.2 Å². The van der Waals surface area contributed by atoms with Gasteiger partial charge in [-0.25, -0.2) is 0 Å². The Bertz CT molecular complexity index is 814. The number of likely N-dealkylation sites (tertiary alicyclic amines) is 1. The molecule has 0 aliphatic carbocycles. The van der Waals surface area contributed by atoms with Crippen molar-refractivity contribution >= 4 is 5.91 Å². The van der Waals surface area contributed by atoms with E-state index in [1.165, 1.54) is 7.05 Å². The molecule has 7 heteroatoms. The summed E-state index contributed by atoms with van der Waals surface area (Å²) in [6.07, 6.45) is -2.88. The first kappa shape index (κ1) is 22.4. The Labute approximate surface area is 176 Å². The molecule has 1 heterocycles. The van der Waals surface area contributed by atoms with Gasteiger partial charge in [-0.3, -0.25) is 9.69 Å². The molecule has 0 saturated carbocycles. The first-order valence-electron chi connectivity index (χ1n) is 10.2. The summed E-state index contributed by atoms with van der Waals surface area (Å²) < 4.78 is 0. The highest BCUT2D eigenvalue weighted by atomic mass is 16.4. The zero-order valence-corrected chi connectivity index (χ0v) is 17.1. The fourth-order valence-corrected chi connectivity index (χ4v) is 4.15. The van der Waals surface area contributed by atoms with E-state index in [0.717, 1.165) is 23.1 Å². The molecule has 5 atom stereocenters. The van der Waals surface area contributed by atoms with Crippen LogP contribution >= 0.6 is 0 Å². The van der Waals surface area contributed by atoms with Gasteiger partial charge in [0.25, 0.3) is 0 Å². The molecule has 5 N–H and O–H groups in total. The highest BCUT2D eigenvalue weighted by Gasteiger charge is 2.49. The Morgan fingerprint density at radius 1 is 0.933 bits per heavy atom. The molecule has 0 unspecified atom stereocenters. The number of hydrogen-bond acceptors (Lipinski definition) is 6. The lowest BCUT2D eigenvalue weighted by molar-refractivity contribution is -0.178. The van der Waals surface area contributed by atoms with Crippen LogP contribution in [0.25, 0.3) is 11.1 Å². The molecule has 0 spiro atoms. The van der Waals surface area contributed by atoms with E-state index in [9.17, 15) is 25.2 Å². The molecular formula is C23H30N2O5. The van der Waals surface area contributed by atoms with Gasteiger partial charge in [0.2, 0.25) is 5.91 Å². The maximum absolute atomic E-state index is 12.3. The number of hydrogen-bond donors (Lipinski definition) is 5. The van der Waals surface area contributed by atoms with Crippen molar-refractivity contribution in [1.82, 2.24) is 10.2 Å². The molecule has 0 bridgehead atoms. The number of amides is 1. The molecule has 1 amide bonds. The van der Waals surface area contributed by atoms with E-state index >= 15 is 0 Å². The van der Waals surface area contributed by atoms with E-state index in [0.29, 0.717) is 13.0 Å². The largest absolute Gasteiger partial charge is 0.395 e. The third-order valence-corrected chi connectivity index (χ3v) is 5.85. The lowest BCUT2D eigenvalue weighted by atomic mass is 9.87. The predicted octanol–water partition coefficient (Wildman–Crippen LogP) is 0.160. The highest BCUT2D eigenvalue weighted by molar-refractivity contribution is 5.82. The minimum Gasteiger partial charge on any atom is -0.395 e. The van der Waals surface area contributed by atoms with Crippen LogP contribution in [-0.2, 0) is 11.2 Å². The summed E-state index contributed by atoms with van der Waals surface area (Å²) in [6, 6.07) is 16.5. The van der Waals surface area contributed by atoms with Gasteiger partial charge in [-0.2, -0.15) is 0 Å². The molecule has 30 heavy (non-hydrogen) atoms. The van der Waals surface area contributed by atoms with Crippen LogP contribution in [0.3, 0.4) is 0 Å². The number of carbonyl (C=O) groups is 1. The van der Waals surface area contributed by atoms with E-state index in [1.54, 1.807) is 4.90 Å². The van der Waals surface area contributed by atoms with Crippen LogP contribution in [0, 0.1) is 0 Å². The molecular weight excluding hydrogens is 384 g/mol. The van der Waals surface area contributed by atoms with E-state index in [1.807, 2.05) is 18.2 Å². The maximum atomic E-state index is 12.3. The lowest BCUT2D eigenvalue weighted by Crippen LogP contribution is -2.70. The Morgan fingerprint density at radius 3 is 2.17 bits per heavy atom. The number of piperidine rings is 1. The predicted molar refractivity (Wildman–Crippen MR) is 114 cm³/mol. The summed E-state index contributed by atoms with van der Waals surface area (Å²) in [5, 5.41) is 42.9. The van der Waals surface area contributed by atoms with Gasteiger partial charge < -0.3 is 25.7 Å². The second-order valence-corrected chi connectivity index (χ2v) is 7.69. The maximum Gasteiger partial charge on any atom is 0.239 e. The number of aryl methyl sites for hydroxylation is 1. The molecule has 1 aliphatic heterocycles. The molecule has 1 aliphatic rings. The Balaban J connectivity index is 1.67. The number of nitrogens with zero attached hydrogens (tertiary/aromatic N) is 1. The monoisotopic (exact) mass is 414 g/mol. The number of rotatable bonds is 7. The molecule has 162 valence electrons. The minimum absolute atomic E-state index is 0.380. The van der Waals surface area contributed by atoms with Crippen molar-refractivity contribution in [2.75, 3.05) is 20.2 Å². The number of aliphatic hydroxyl groups is 4. The lowest BCUT2D eigenvalue weighted by Gasteiger charge is -2.47. The summed E-state index contributed by atoms with van der Waals surface area (Å²) in [5.74, 6) is -0.459. The summed E-state index contributed by atoms with van der Waals surface area (Å²) in [4.78, 5) is 13.9. The average molecular weight is 415 g/mol. The van der Waals surface area contributed by atoms with Crippen LogP contribution in [0.1, 0.15) is 12.0 Å². The molecule has 0 radical (unpaired) electrons. The summed E-state index contributed by atoms with van der Waals surface area (Å²) in [5.41, 5.74) is 3.42. The van der Waals surface area contributed by atoms with Gasteiger partial charge in [-0.15, -0.1) is 0 Å². The Hall–Kier alpha value is -2.29. The van der Waals surface area contributed by atoms with Gasteiger partial charge in [0.1, 0.15) is 24.4 Å². The van der Waals surface area contributed by atoms with Crippen molar-refractivity contribution in [1.29, 1.82) is 0 Å². The van der Waals surface area contributed by atoms with E-state index in [2.05, 4.69) is 41.7 Å². The van der Waals surface area contributed by atoms with E-state index in [-0.39, 0.29) is 0 Å². The number of benzene rings is 2. The van der Waals surface area contributed by atoms with Gasteiger partial charge >= 0.3 is 0 Å². The van der Waals surface area contributed by atoms with Gasteiger partial charge in [-0.1, -0.05) is 54.6 Å². The van der Waals surface area contributed by atoms with Crippen LogP contribution in [-0.4, -0.2) is 81.8 Å². The van der Waals surface area contributed by atoms with Crippen molar-refractivity contribution in [2.24, 2.45) is 0 Å². The molecule has 3 rings (SSSR count). The topological polar surface area (TPSA) is 113 Å². The molecule has 0 aromatic heterocycles. The SMILES string of the molecule is CNC(=O)[C@@H]1[C@@H](O)[C@@H](O)[C@H](O)[C@@H](CO)N1CCCc1ccc(-c2ccccc2)cc1. The fourth-order valence-electron chi connectivity index (χ4n) is 4.15. The Kier molecular flexibility index (Phi) is 7.58. The fraction of sp³-hybridized carbons (Fsp3) is 0.435. The highest BCUT2D eigenvalue weighted by Crippen LogP contribution is 2.26. The molecule has 7 nitrogen and oxygen atoms in total. The molecule has 1 saturated heterocycles. The zero-order chi connectivity index (χ0) is 21.7. The molecule has 1 fully saturated rings. The normalized spacial score (nSPS) is 27.0. The second-order valence-electron chi connectivity index (χ2n) is 7.69. The third kappa shape index (κ3) is 4.71. The van der Waals surface area contributed by atoms with Gasteiger partial charge in [0.05, 0.1) is 12.6 Å². The summed E-state index contributed by atoms with van der Waals surface area (Å²) in [7, 11) is 1.45. The first-order chi connectivity index (χ1) is 14.5. The second kappa shape index (κ2) is 10.1. The zero-order valence-electron chi connectivity index (χ0n) is 17.1. The van der Waals surface area contributed by atoms with Crippen molar-refractivity contribution in [3.63, 3.8) is 0 Å². The van der Waals surface area contributed by atoms with Gasteiger partial charge in [-0.05, 0) is 36.1 Å². The van der Waals surface area contributed by atoms with Crippen LogP contribution in [0.2, 0.25) is 0 Å². The van der Waals surface area contributed by atoms with Crippen molar-refractivity contribution in [3.8, 4) is 11.1 Å². The Morgan fingerprint density at radius 2 is 1.57 bits per heavy atom. The quantitative estimate of drug-likeness (QED) is 0.441. The number of carbonyl (C=O) groups excluding carboxylic acids is 1. The van der Waals surface area contributed by atoms with Crippen LogP contribution < -0.4 is 5.32 Å². The number of aliphatic hydroxyl groups excluding tert-OH is 4. The number of nitrogens with one attached hydrogen (secondary N) is 1. The van der Waals surface area contributed by atoms with E-state index < -0.39 is 42.9 Å². The smallest absolute Gasteiger partial charge is 0.239 e. The van der Waals surface area contributed by atoms with Gasteiger partial charge in [0.15, 0.2) is 0 Å². The minimum atomic E-state index is -1.49.